The van der Waals surface area contributed by atoms with Crippen molar-refractivity contribution in [3.05, 3.63) is 46.5 Å². The molecule has 0 radical (unpaired) electrons. The molecule has 0 aliphatic heterocycles. The Bertz CT molecular complexity index is 380. The molecule has 0 spiro atoms. The van der Waals surface area contributed by atoms with Gasteiger partial charge in [0.15, 0.2) is 0 Å². The molecule has 0 heterocycles. The molecular weight excluding hydrogens is 232 g/mol. The van der Waals surface area contributed by atoms with Gasteiger partial charge in [0.2, 0.25) is 0 Å². The van der Waals surface area contributed by atoms with E-state index in [0.717, 1.165) is 23.4 Å². The van der Waals surface area contributed by atoms with E-state index in [1.807, 2.05) is 24.3 Å². The molecule has 0 amide bonds. The van der Waals surface area contributed by atoms with Gasteiger partial charge in [-0.2, -0.15) is 0 Å². The Morgan fingerprint density at radius 3 is 2.65 bits per heavy atom. The molecule has 0 bridgehead atoms. The van der Waals surface area contributed by atoms with Crippen LogP contribution in [0.4, 0.5) is 0 Å². The molecule has 1 aliphatic carbocycles. The first kappa shape index (κ1) is 12.7. The van der Waals surface area contributed by atoms with E-state index in [2.05, 4.69) is 6.08 Å². The van der Waals surface area contributed by atoms with Crippen LogP contribution in [0.3, 0.4) is 0 Å². The van der Waals surface area contributed by atoms with Crippen LogP contribution in [-0.4, -0.2) is 11.2 Å². The van der Waals surface area contributed by atoms with Gasteiger partial charge in [0.05, 0.1) is 6.10 Å². The topological polar surface area (TPSA) is 20.2 Å². The fourth-order valence-corrected chi connectivity index (χ4v) is 2.44. The van der Waals surface area contributed by atoms with Gasteiger partial charge < -0.3 is 5.11 Å². The quantitative estimate of drug-likeness (QED) is 0.800. The van der Waals surface area contributed by atoms with Crippen LogP contribution in [0.15, 0.2) is 35.9 Å². The summed E-state index contributed by atoms with van der Waals surface area (Å²) in [6.45, 7) is 0. The van der Waals surface area contributed by atoms with Crippen LogP contribution in [0.5, 0.6) is 0 Å². The number of benzene rings is 1. The summed E-state index contributed by atoms with van der Waals surface area (Å²) in [7, 11) is 0. The fraction of sp³-hybridized carbons (Fsp3) is 0.467. The molecule has 1 unspecified atom stereocenters. The zero-order valence-corrected chi connectivity index (χ0v) is 10.8. The summed E-state index contributed by atoms with van der Waals surface area (Å²) < 4.78 is 0. The molecule has 0 saturated carbocycles. The molecule has 1 N–H and O–H groups in total. The minimum atomic E-state index is -0.325. The van der Waals surface area contributed by atoms with Gasteiger partial charge in [0.25, 0.3) is 0 Å². The van der Waals surface area contributed by atoms with Crippen molar-refractivity contribution >= 4 is 11.6 Å². The normalized spacial score (nSPS) is 18.4. The van der Waals surface area contributed by atoms with E-state index in [1.54, 1.807) is 0 Å². The van der Waals surface area contributed by atoms with Crippen LogP contribution in [0.2, 0.25) is 5.02 Å². The van der Waals surface area contributed by atoms with Gasteiger partial charge in [-0.1, -0.05) is 36.2 Å². The molecule has 1 atom stereocenters. The lowest BCUT2D eigenvalue weighted by molar-refractivity contribution is 0.206. The van der Waals surface area contributed by atoms with Crippen molar-refractivity contribution in [1.29, 1.82) is 0 Å². The third kappa shape index (κ3) is 3.86. The predicted molar refractivity (Wildman–Crippen MR) is 72.3 cm³/mol. The van der Waals surface area contributed by atoms with Gasteiger partial charge in [0.1, 0.15) is 0 Å². The maximum atomic E-state index is 10.2. The van der Waals surface area contributed by atoms with E-state index in [4.69, 9.17) is 11.6 Å². The van der Waals surface area contributed by atoms with Crippen molar-refractivity contribution in [3.8, 4) is 0 Å². The summed E-state index contributed by atoms with van der Waals surface area (Å²) in [4.78, 5) is 0. The van der Waals surface area contributed by atoms with Crippen LogP contribution in [0.1, 0.15) is 37.7 Å². The van der Waals surface area contributed by atoms with Gasteiger partial charge >= 0.3 is 0 Å². The second kappa shape index (κ2) is 6.23. The molecule has 2 heteroatoms. The van der Waals surface area contributed by atoms with E-state index in [1.165, 1.54) is 24.8 Å². The van der Waals surface area contributed by atoms with E-state index >= 15 is 0 Å². The van der Waals surface area contributed by atoms with Crippen LogP contribution in [0.25, 0.3) is 0 Å². The lowest BCUT2D eigenvalue weighted by Gasteiger charge is -2.14. The van der Waals surface area contributed by atoms with E-state index in [0.29, 0.717) is 6.42 Å². The lowest BCUT2D eigenvalue weighted by Crippen LogP contribution is -2.13. The average Bonchev–Trinajstić information content (AvgIpc) is 2.61. The molecule has 1 aromatic carbocycles. The minimum absolute atomic E-state index is 0.325. The highest BCUT2D eigenvalue weighted by Gasteiger charge is 2.13. The standard InChI is InChI=1S/C15H19ClO/c16-14-9-7-12(8-10-14)11-15(17)13-5-3-1-2-4-6-13/h5,7-10,15,17H,1-4,6,11H2. The van der Waals surface area contributed by atoms with Crippen molar-refractivity contribution in [2.45, 2.75) is 44.6 Å². The summed E-state index contributed by atoms with van der Waals surface area (Å²) >= 11 is 5.84. The third-order valence-corrected chi connectivity index (χ3v) is 3.60. The number of rotatable bonds is 3. The highest BCUT2D eigenvalue weighted by atomic mass is 35.5. The van der Waals surface area contributed by atoms with E-state index in [9.17, 15) is 5.11 Å². The Labute approximate surface area is 108 Å². The van der Waals surface area contributed by atoms with E-state index in [-0.39, 0.29) is 6.10 Å². The number of halogens is 1. The second-order valence-corrected chi connectivity index (χ2v) is 5.16. The molecule has 2 rings (SSSR count). The number of hydrogen-bond acceptors (Lipinski definition) is 1. The Morgan fingerprint density at radius 1 is 1.12 bits per heavy atom. The molecule has 1 nitrogen and oxygen atoms in total. The monoisotopic (exact) mass is 250 g/mol. The number of aliphatic hydroxyl groups excluding tert-OH is 1. The Balaban J connectivity index is 1.98. The van der Waals surface area contributed by atoms with Crippen LogP contribution in [-0.2, 0) is 6.42 Å². The molecule has 0 aromatic heterocycles. The average molecular weight is 251 g/mol. The van der Waals surface area contributed by atoms with Gasteiger partial charge in [0, 0.05) is 11.4 Å². The van der Waals surface area contributed by atoms with E-state index < -0.39 is 0 Å². The smallest absolute Gasteiger partial charge is 0.0790 e. The molecule has 17 heavy (non-hydrogen) atoms. The first-order chi connectivity index (χ1) is 8.25. The first-order valence-electron chi connectivity index (χ1n) is 6.37. The summed E-state index contributed by atoms with van der Waals surface area (Å²) in [6, 6.07) is 7.74. The molecular formula is C15H19ClO. The Kier molecular flexibility index (Phi) is 4.64. The molecule has 1 aliphatic rings. The lowest BCUT2D eigenvalue weighted by atomic mass is 9.98. The summed E-state index contributed by atoms with van der Waals surface area (Å²) in [5.74, 6) is 0. The number of aliphatic hydroxyl groups is 1. The number of hydrogen-bond donors (Lipinski definition) is 1. The minimum Gasteiger partial charge on any atom is -0.388 e. The molecule has 1 aromatic rings. The van der Waals surface area contributed by atoms with Crippen molar-refractivity contribution in [2.24, 2.45) is 0 Å². The largest absolute Gasteiger partial charge is 0.388 e. The second-order valence-electron chi connectivity index (χ2n) is 4.72. The highest BCUT2D eigenvalue weighted by Crippen LogP contribution is 2.22. The van der Waals surface area contributed by atoms with Crippen LogP contribution in [0, 0.1) is 0 Å². The van der Waals surface area contributed by atoms with Gasteiger partial charge in [-0.3, -0.25) is 0 Å². The van der Waals surface area contributed by atoms with Crippen molar-refractivity contribution in [2.75, 3.05) is 0 Å². The fourth-order valence-electron chi connectivity index (χ4n) is 2.32. The van der Waals surface area contributed by atoms with Crippen molar-refractivity contribution in [1.82, 2.24) is 0 Å². The summed E-state index contributed by atoms with van der Waals surface area (Å²) in [6.07, 6.45) is 8.53. The maximum Gasteiger partial charge on any atom is 0.0790 e. The number of allylic oxidation sites excluding steroid dienone is 1. The predicted octanol–water partition coefficient (Wildman–Crippen LogP) is 4.13. The Hall–Kier alpha value is -0.790. The SMILES string of the molecule is OC(Cc1ccc(Cl)cc1)C1=CCCCCC1. The van der Waals surface area contributed by atoms with Crippen LogP contribution < -0.4 is 0 Å². The van der Waals surface area contributed by atoms with Gasteiger partial charge in [-0.05, 0) is 49.0 Å². The maximum absolute atomic E-state index is 10.2. The van der Waals surface area contributed by atoms with Crippen molar-refractivity contribution in [3.63, 3.8) is 0 Å². The van der Waals surface area contributed by atoms with Crippen molar-refractivity contribution < 1.29 is 5.11 Å². The Morgan fingerprint density at radius 2 is 1.88 bits per heavy atom. The van der Waals surface area contributed by atoms with Gasteiger partial charge in [-0.15, -0.1) is 0 Å². The third-order valence-electron chi connectivity index (χ3n) is 3.35. The van der Waals surface area contributed by atoms with Crippen LogP contribution >= 0.6 is 11.6 Å². The zero-order chi connectivity index (χ0) is 12.1. The zero-order valence-electron chi connectivity index (χ0n) is 10.0. The summed E-state index contributed by atoms with van der Waals surface area (Å²) in [5, 5.41) is 11.0. The van der Waals surface area contributed by atoms with Gasteiger partial charge in [-0.25, -0.2) is 0 Å². The molecule has 0 saturated heterocycles. The summed E-state index contributed by atoms with van der Waals surface area (Å²) in [5.41, 5.74) is 2.37. The first-order valence-corrected chi connectivity index (χ1v) is 6.75. The molecule has 92 valence electrons. The highest BCUT2D eigenvalue weighted by molar-refractivity contribution is 6.30. The molecule has 0 fully saturated rings.